The Balaban J connectivity index is 1.28. The molecular weight excluding hydrogens is 388 g/mol. The van der Waals surface area contributed by atoms with Gasteiger partial charge in [0.05, 0.1) is 5.75 Å². The monoisotopic (exact) mass is 412 g/mol. The van der Waals surface area contributed by atoms with Crippen LogP contribution in [0.1, 0.15) is 35.9 Å². The van der Waals surface area contributed by atoms with Crippen molar-refractivity contribution in [1.29, 1.82) is 0 Å². The topological polar surface area (TPSA) is 98.7 Å². The Bertz CT molecular complexity index is 955. The molecule has 1 atom stereocenters. The van der Waals surface area contributed by atoms with Crippen molar-refractivity contribution >= 4 is 17.7 Å². The van der Waals surface area contributed by atoms with E-state index in [0.717, 1.165) is 50.3 Å². The SMILES string of the molecule is Cc1nnc(SCC(=O)NC2CCc3nnc(CCc4ccccc4)n3CC2)o1. The van der Waals surface area contributed by atoms with E-state index in [-0.39, 0.29) is 17.7 Å². The third kappa shape index (κ3) is 5.23. The summed E-state index contributed by atoms with van der Waals surface area (Å²) < 4.78 is 7.51. The van der Waals surface area contributed by atoms with Gasteiger partial charge in [0.1, 0.15) is 11.6 Å². The normalized spacial score (nSPS) is 16.2. The third-order valence-electron chi connectivity index (χ3n) is 5.00. The standard InChI is InChI=1S/C20H24N6O2S/c1-14-22-25-20(28-14)29-13-19(27)21-16-8-10-18-24-23-17(26(18)12-11-16)9-7-15-5-3-2-4-6-15/h2-6,16H,7-13H2,1H3,(H,21,27). The van der Waals surface area contributed by atoms with E-state index in [1.165, 1.54) is 17.3 Å². The van der Waals surface area contributed by atoms with Crippen LogP contribution in [0.25, 0.3) is 0 Å². The van der Waals surface area contributed by atoms with Crippen LogP contribution in [0.2, 0.25) is 0 Å². The van der Waals surface area contributed by atoms with Gasteiger partial charge in [-0.15, -0.1) is 20.4 Å². The number of thioether (sulfide) groups is 1. The predicted molar refractivity (Wildman–Crippen MR) is 108 cm³/mol. The summed E-state index contributed by atoms with van der Waals surface area (Å²) in [5, 5.41) is 20.0. The van der Waals surface area contributed by atoms with Gasteiger partial charge in [-0.2, -0.15) is 0 Å². The Hall–Kier alpha value is -2.68. The fourth-order valence-electron chi connectivity index (χ4n) is 3.51. The van der Waals surface area contributed by atoms with Gasteiger partial charge >= 0.3 is 0 Å². The highest BCUT2D eigenvalue weighted by Gasteiger charge is 2.21. The number of aromatic nitrogens is 5. The number of nitrogens with one attached hydrogen (secondary N) is 1. The van der Waals surface area contributed by atoms with Crippen molar-refractivity contribution in [3.63, 3.8) is 0 Å². The maximum atomic E-state index is 12.3. The summed E-state index contributed by atoms with van der Waals surface area (Å²) >= 11 is 1.26. The first kappa shape index (κ1) is 19.6. The quantitative estimate of drug-likeness (QED) is 0.595. The van der Waals surface area contributed by atoms with Gasteiger partial charge in [-0.3, -0.25) is 4.79 Å². The minimum atomic E-state index is -0.0159. The van der Waals surface area contributed by atoms with Crippen LogP contribution in [-0.4, -0.2) is 42.7 Å². The summed E-state index contributed by atoms with van der Waals surface area (Å²) in [6.07, 6.45) is 4.38. The molecule has 0 spiro atoms. The highest BCUT2D eigenvalue weighted by Crippen LogP contribution is 2.18. The van der Waals surface area contributed by atoms with Crippen LogP contribution in [0.4, 0.5) is 0 Å². The van der Waals surface area contributed by atoms with E-state index in [1.807, 2.05) is 6.07 Å². The lowest BCUT2D eigenvalue weighted by Gasteiger charge is -2.15. The van der Waals surface area contributed by atoms with Crippen molar-refractivity contribution in [2.45, 2.75) is 56.8 Å². The number of rotatable bonds is 7. The second kappa shape index (κ2) is 9.21. The third-order valence-corrected chi connectivity index (χ3v) is 5.82. The number of benzene rings is 1. The highest BCUT2D eigenvalue weighted by molar-refractivity contribution is 7.99. The molecule has 1 aliphatic rings. The highest BCUT2D eigenvalue weighted by atomic mass is 32.2. The first-order valence-electron chi connectivity index (χ1n) is 9.84. The molecule has 152 valence electrons. The van der Waals surface area contributed by atoms with E-state index < -0.39 is 0 Å². The molecule has 1 aromatic carbocycles. The largest absolute Gasteiger partial charge is 0.416 e. The maximum Gasteiger partial charge on any atom is 0.277 e. The van der Waals surface area contributed by atoms with Gasteiger partial charge < -0.3 is 14.3 Å². The Kier molecular flexibility index (Phi) is 6.24. The molecule has 1 aliphatic heterocycles. The Morgan fingerprint density at radius 3 is 2.83 bits per heavy atom. The van der Waals surface area contributed by atoms with Gasteiger partial charge in [0, 0.05) is 32.4 Å². The second-order valence-corrected chi connectivity index (χ2v) is 8.06. The molecule has 1 unspecified atom stereocenters. The van der Waals surface area contributed by atoms with E-state index in [1.54, 1.807) is 6.92 Å². The number of carbonyl (C=O) groups excluding carboxylic acids is 1. The van der Waals surface area contributed by atoms with E-state index in [9.17, 15) is 4.79 Å². The van der Waals surface area contributed by atoms with E-state index >= 15 is 0 Å². The summed E-state index contributed by atoms with van der Waals surface area (Å²) in [6, 6.07) is 10.6. The predicted octanol–water partition coefficient (Wildman–Crippen LogP) is 2.37. The molecule has 1 amide bonds. The van der Waals surface area contributed by atoms with E-state index in [4.69, 9.17) is 4.42 Å². The molecule has 2 aromatic heterocycles. The van der Waals surface area contributed by atoms with Gasteiger partial charge in [0.2, 0.25) is 11.8 Å². The molecule has 9 heteroatoms. The van der Waals surface area contributed by atoms with Crippen molar-refractivity contribution in [1.82, 2.24) is 30.3 Å². The number of amides is 1. The summed E-state index contributed by atoms with van der Waals surface area (Å²) in [5.74, 6) is 2.80. The fourth-order valence-corrected chi connectivity index (χ4v) is 4.13. The molecule has 0 saturated heterocycles. The minimum absolute atomic E-state index is 0.0159. The Labute approximate surface area is 173 Å². The van der Waals surface area contributed by atoms with Crippen LogP contribution in [0.3, 0.4) is 0 Å². The van der Waals surface area contributed by atoms with Crippen molar-refractivity contribution < 1.29 is 9.21 Å². The van der Waals surface area contributed by atoms with Gasteiger partial charge in [-0.1, -0.05) is 42.1 Å². The summed E-state index contributed by atoms with van der Waals surface area (Å²) in [5.41, 5.74) is 1.30. The molecule has 4 rings (SSSR count). The van der Waals surface area contributed by atoms with E-state index in [0.29, 0.717) is 11.1 Å². The van der Waals surface area contributed by atoms with Crippen LogP contribution in [-0.2, 0) is 30.6 Å². The zero-order valence-electron chi connectivity index (χ0n) is 16.4. The van der Waals surface area contributed by atoms with Crippen LogP contribution in [0.15, 0.2) is 40.0 Å². The van der Waals surface area contributed by atoms with Gasteiger partial charge in [0.25, 0.3) is 5.22 Å². The smallest absolute Gasteiger partial charge is 0.277 e. The maximum absolute atomic E-state index is 12.3. The summed E-state index contributed by atoms with van der Waals surface area (Å²) in [4.78, 5) is 12.3. The van der Waals surface area contributed by atoms with Crippen LogP contribution >= 0.6 is 11.8 Å². The molecule has 0 fully saturated rings. The average molecular weight is 413 g/mol. The Morgan fingerprint density at radius 1 is 1.17 bits per heavy atom. The fraction of sp³-hybridized carbons (Fsp3) is 0.450. The summed E-state index contributed by atoms with van der Waals surface area (Å²) in [6.45, 7) is 2.56. The number of fused-ring (bicyclic) bond motifs is 1. The molecule has 0 aliphatic carbocycles. The molecule has 0 saturated carbocycles. The van der Waals surface area contributed by atoms with Crippen molar-refractivity contribution in [2.24, 2.45) is 0 Å². The number of carbonyl (C=O) groups is 1. The number of hydrogen-bond donors (Lipinski definition) is 1. The first-order valence-corrected chi connectivity index (χ1v) is 10.8. The number of hydrogen-bond acceptors (Lipinski definition) is 7. The Morgan fingerprint density at radius 2 is 2.03 bits per heavy atom. The van der Waals surface area contributed by atoms with Crippen molar-refractivity contribution in [2.75, 3.05) is 5.75 Å². The van der Waals surface area contributed by atoms with Gasteiger partial charge in [0.15, 0.2) is 0 Å². The van der Waals surface area contributed by atoms with Gasteiger partial charge in [-0.05, 0) is 24.8 Å². The second-order valence-electron chi connectivity index (χ2n) is 7.14. The molecular formula is C20H24N6O2S. The minimum Gasteiger partial charge on any atom is -0.416 e. The average Bonchev–Trinajstić information content (AvgIpc) is 3.27. The molecule has 8 nitrogen and oxygen atoms in total. The summed E-state index contributed by atoms with van der Waals surface area (Å²) in [7, 11) is 0. The lowest BCUT2D eigenvalue weighted by Crippen LogP contribution is -2.36. The number of nitrogens with zero attached hydrogens (tertiary/aromatic N) is 5. The molecule has 0 bridgehead atoms. The van der Waals surface area contributed by atoms with Crippen LogP contribution in [0.5, 0.6) is 0 Å². The zero-order chi connectivity index (χ0) is 20.1. The number of aryl methyl sites for hydroxylation is 4. The van der Waals surface area contributed by atoms with E-state index in [2.05, 4.69) is 54.5 Å². The van der Waals surface area contributed by atoms with Gasteiger partial charge in [-0.25, -0.2) is 0 Å². The molecule has 29 heavy (non-hydrogen) atoms. The first-order chi connectivity index (χ1) is 14.2. The molecule has 3 heterocycles. The van der Waals surface area contributed by atoms with Crippen LogP contribution < -0.4 is 5.32 Å². The zero-order valence-corrected chi connectivity index (χ0v) is 17.2. The lowest BCUT2D eigenvalue weighted by molar-refractivity contribution is -0.119. The van der Waals surface area contributed by atoms with Crippen molar-refractivity contribution in [3.05, 3.63) is 53.4 Å². The molecule has 0 radical (unpaired) electrons. The molecule has 1 N–H and O–H groups in total. The lowest BCUT2D eigenvalue weighted by atomic mass is 10.1. The van der Waals surface area contributed by atoms with Crippen molar-refractivity contribution in [3.8, 4) is 0 Å². The van der Waals surface area contributed by atoms with Crippen LogP contribution in [0, 0.1) is 6.92 Å². The molecule has 3 aromatic rings.